The first-order chi connectivity index (χ1) is 10.6. The van der Waals surface area contributed by atoms with Gasteiger partial charge in [0.2, 0.25) is 0 Å². The van der Waals surface area contributed by atoms with E-state index in [0.717, 1.165) is 36.6 Å². The molecule has 0 aliphatic carbocycles. The van der Waals surface area contributed by atoms with Crippen molar-refractivity contribution < 1.29 is 4.39 Å². The van der Waals surface area contributed by atoms with Gasteiger partial charge in [0.25, 0.3) is 0 Å². The Morgan fingerprint density at radius 2 is 1.91 bits per heavy atom. The maximum atomic E-state index is 14.6. The van der Waals surface area contributed by atoms with Crippen LogP contribution in [-0.4, -0.2) is 31.1 Å². The number of hydrogen-bond acceptors (Lipinski definition) is 3. The van der Waals surface area contributed by atoms with Gasteiger partial charge in [0.15, 0.2) is 0 Å². The van der Waals surface area contributed by atoms with Crippen molar-refractivity contribution in [3.05, 3.63) is 55.4 Å². The molecule has 0 unspecified atom stereocenters. The molecule has 0 saturated carbocycles. The topological polar surface area (TPSA) is 15.3 Å². The SMILES string of the molecule is Cc1ccc(F)c([C@@H](c2ccc(Cl)s2)N2CCNCC2)c1Cl. The first-order valence-electron chi connectivity index (χ1n) is 7.22. The second-order valence-corrected chi connectivity index (χ2v) is 7.55. The van der Waals surface area contributed by atoms with Crippen LogP contribution in [-0.2, 0) is 0 Å². The third-order valence-electron chi connectivity index (χ3n) is 3.97. The third kappa shape index (κ3) is 3.17. The zero-order chi connectivity index (χ0) is 15.7. The maximum Gasteiger partial charge on any atom is 0.129 e. The molecule has 2 aromatic rings. The Labute approximate surface area is 143 Å². The summed E-state index contributed by atoms with van der Waals surface area (Å²) in [6, 6.07) is 6.86. The van der Waals surface area contributed by atoms with Crippen molar-refractivity contribution in [2.75, 3.05) is 26.2 Å². The summed E-state index contributed by atoms with van der Waals surface area (Å²) in [6.07, 6.45) is 0. The van der Waals surface area contributed by atoms with Crippen LogP contribution >= 0.6 is 34.5 Å². The molecular formula is C16H17Cl2FN2S. The van der Waals surface area contributed by atoms with E-state index < -0.39 is 0 Å². The van der Waals surface area contributed by atoms with Crippen LogP contribution in [0.15, 0.2) is 24.3 Å². The number of aryl methyl sites for hydroxylation is 1. The van der Waals surface area contributed by atoms with E-state index in [0.29, 0.717) is 14.9 Å². The Kier molecular flexibility index (Phi) is 5.05. The Hall–Kier alpha value is -0.650. The van der Waals surface area contributed by atoms with Crippen molar-refractivity contribution in [1.29, 1.82) is 0 Å². The number of nitrogens with one attached hydrogen (secondary N) is 1. The van der Waals surface area contributed by atoms with E-state index in [1.165, 1.54) is 17.4 Å². The van der Waals surface area contributed by atoms with Crippen molar-refractivity contribution in [2.24, 2.45) is 0 Å². The molecule has 1 atom stereocenters. The van der Waals surface area contributed by atoms with Crippen molar-refractivity contribution in [1.82, 2.24) is 10.2 Å². The first kappa shape index (κ1) is 16.2. The molecule has 22 heavy (non-hydrogen) atoms. The Bertz CT molecular complexity index is 668. The van der Waals surface area contributed by atoms with Crippen LogP contribution in [0, 0.1) is 12.7 Å². The summed E-state index contributed by atoms with van der Waals surface area (Å²) in [5.74, 6) is -0.261. The van der Waals surface area contributed by atoms with Gasteiger partial charge in [-0.15, -0.1) is 11.3 Å². The monoisotopic (exact) mass is 358 g/mol. The molecule has 2 heterocycles. The molecule has 1 aliphatic heterocycles. The number of thiophene rings is 1. The lowest BCUT2D eigenvalue weighted by molar-refractivity contribution is 0.197. The van der Waals surface area contributed by atoms with Gasteiger partial charge in [0, 0.05) is 36.6 Å². The van der Waals surface area contributed by atoms with E-state index in [4.69, 9.17) is 23.2 Å². The lowest BCUT2D eigenvalue weighted by Gasteiger charge is -2.35. The molecule has 2 nitrogen and oxygen atoms in total. The minimum Gasteiger partial charge on any atom is -0.314 e. The average Bonchev–Trinajstić information content (AvgIpc) is 2.94. The molecule has 1 aliphatic rings. The van der Waals surface area contributed by atoms with Gasteiger partial charge < -0.3 is 5.32 Å². The van der Waals surface area contributed by atoms with E-state index >= 15 is 0 Å². The standard InChI is InChI=1S/C16H17Cl2FN2S/c1-10-2-3-11(19)14(15(10)18)16(12-4-5-13(17)22-12)21-8-6-20-7-9-21/h2-5,16,20H,6-9H2,1H3/t16-/m1/s1. The molecule has 6 heteroatoms. The molecule has 1 N–H and O–H groups in total. The third-order valence-corrected chi connectivity index (χ3v) is 5.76. The number of benzene rings is 1. The Morgan fingerprint density at radius 3 is 2.55 bits per heavy atom. The lowest BCUT2D eigenvalue weighted by atomic mass is 9.99. The van der Waals surface area contributed by atoms with Crippen LogP contribution in [0.1, 0.15) is 22.0 Å². The van der Waals surface area contributed by atoms with Gasteiger partial charge in [0.05, 0.1) is 15.4 Å². The fraction of sp³-hybridized carbons (Fsp3) is 0.375. The van der Waals surface area contributed by atoms with E-state index in [9.17, 15) is 4.39 Å². The number of nitrogens with zero attached hydrogens (tertiary/aromatic N) is 1. The largest absolute Gasteiger partial charge is 0.314 e. The number of halogens is 3. The summed E-state index contributed by atoms with van der Waals surface area (Å²) < 4.78 is 15.3. The second kappa shape index (κ2) is 6.85. The van der Waals surface area contributed by atoms with Crippen molar-refractivity contribution in [3.8, 4) is 0 Å². The quantitative estimate of drug-likeness (QED) is 0.868. The molecule has 1 aromatic carbocycles. The van der Waals surface area contributed by atoms with Crippen molar-refractivity contribution in [3.63, 3.8) is 0 Å². The van der Waals surface area contributed by atoms with E-state index in [1.54, 1.807) is 6.07 Å². The predicted molar refractivity (Wildman–Crippen MR) is 91.8 cm³/mol. The van der Waals surface area contributed by atoms with Crippen molar-refractivity contribution in [2.45, 2.75) is 13.0 Å². The second-order valence-electron chi connectivity index (χ2n) is 5.42. The van der Waals surface area contributed by atoms with Gasteiger partial charge in [-0.25, -0.2) is 4.39 Å². The molecule has 0 spiro atoms. The summed E-state index contributed by atoms with van der Waals surface area (Å²) in [4.78, 5) is 3.29. The summed E-state index contributed by atoms with van der Waals surface area (Å²) in [6.45, 7) is 5.39. The molecule has 118 valence electrons. The minimum absolute atomic E-state index is 0.188. The highest BCUT2D eigenvalue weighted by Gasteiger charge is 2.30. The summed E-state index contributed by atoms with van der Waals surface area (Å²) in [5.41, 5.74) is 1.45. The van der Waals surface area contributed by atoms with Gasteiger partial charge in [-0.1, -0.05) is 29.3 Å². The zero-order valence-corrected chi connectivity index (χ0v) is 14.5. The van der Waals surface area contributed by atoms with Gasteiger partial charge in [-0.2, -0.15) is 0 Å². The molecule has 3 rings (SSSR count). The van der Waals surface area contributed by atoms with E-state index in [-0.39, 0.29) is 11.9 Å². The number of piperazine rings is 1. The smallest absolute Gasteiger partial charge is 0.129 e. The Morgan fingerprint density at radius 1 is 1.18 bits per heavy atom. The normalized spacial score (nSPS) is 17.6. The molecular weight excluding hydrogens is 342 g/mol. The molecule has 1 saturated heterocycles. The fourth-order valence-electron chi connectivity index (χ4n) is 2.85. The molecule has 1 fully saturated rings. The molecule has 1 aromatic heterocycles. The molecule has 0 radical (unpaired) electrons. The lowest BCUT2D eigenvalue weighted by Crippen LogP contribution is -2.45. The highest BCUT2D eigenvalue weighted by molar-refractivity contribution is 7.16. The fourth-order valence-corrected chi connectivity index (χ4v) is 4.31. The minimum atomic E-state index is -0.261. The van der Waals surface area contributed by atoms with Gasteiger partial charge in [0.1, 0.15) is 5.82 Å². The predicted octanol–water partition coefficient (Wildman–Crippen LogP) is 4.50. The summed E-state index contributed by atoms with van der Waals surface area (Å²) in [5, 5.41) is 3.83. The van der Waals surface area contributed by atoms with Gasteiger partial charge in [-0.05, 0) is 30.7 Å². The summed E-state index contributed by atoms with van der Waals surface area (Å²) >= 11 is 14.0. The maximum absolute atomic E-state index is 14.6. The molecule has 0 bridgehead atoms. The number of hydrogen-bond donors (Lipinski definition) is 1. The van der Waals surface area contributed by atoms with Crippen LogP contribution in [0.2, 0.25) is 9.36 Å². The highest BCUT2D eigenvalue weighted by Crippen LogP contribution is 2.40. The Balaban J connectivity index is 2.11. The van der Waals surface area contributed by atoms with Crippen LogP contribution in [0.5, 0.6) is 0 Å². The van der Waals surface area contributed by atoms with Crippen LogP contribution < -0.4 is 5.32 Å². The zero-order valence-electron chi connectivity index (χ0n) is 12.2. The van der Waals surface area contributed by atoms with Crippen molar-refractivity contribution >= 4 is 34.5 Å². The average molecular weight is 359 g/mol. The van der Waals surface area contributed by atoms with Gasteiger partial charge in [-0.3, -0.25) is 4.90 Å². The van der Waals surface area contributed by atoms with Crippen LogP contribution in [0.3, 0.4) is 0 Å². The first-order valence-corrected chi connectivity index (χ1v) is 8.79. The highest BCUT2D eigenvalue weighted by atomic mass is 35.5. The van der Waals surface area contributed by atoms with Crippen LogP contribution in [0.25, 0.3) is 0 Å². The van der Waals surface area contributed by atoms with E-state index in [1.807, 2.05) is 19.1 Å². The molecule has 0 amide bonds. The summed E-state index contributed by atoms with van der Waals surface area (Å²) in [7, 11) is 0. The van der Waals surface area contributed by atoms with Crippen LogP contribution in [0.4, 0.5) is 4.39 Å². The van der Waals surface area contributed by atoms with E-state index in [2.05, 4.69) is 10.2 Å². The van der Waals surface area contributed by atoms with Gasteiger partial charge >= 0.3 is 0 Å². The number of rotatable bonds is 3.